The monoisotopic (exact) mass is 140 g/mol. The summed E-state index contributed by atoms with van der Waals surface area (Å²) in [7, 11) is 0.610. The Labute approximate surface area is 56.2 Å². The molecule has 2 heteroatoms. The van der Waals surface area contributed by atoms with Crippen LogP contribution >= 0.6 is 8.19 Å². The molecule has 0 saturated heterocycles. The van der Waals surface area contributed by atoms with Gasteiger partial charge in [-0.25, -0.2) is 0 Å². The third-order valence-corrected chi connectivity index (χ3v) is 2.94. The van der Waals surface area contributed by atoms with Crippen molar-refractivity contribution in [3.05, 3.63) is 22.2 Å². The summed E-state index contributed by atoms with van der Waals surface area (Å²) >= 11 is 0. The first-order valence-electron chi connectivity index (χ1n) is 2.85. The highest BCUT2D eigenvalue weighted by atomic mass is 31.0. The van der Waals surface area contributed by atoms with Crippen molar-refractivity contribution in [2.75, 3.05) is 0 Å². The topological polar surface area (TPSA) is 17.1 Å². The summed E-state index contributed by atoms with van der Waals surface area (Å²) in [4.78, 5) is 10.3. The Morgan fingerprint density at radius 1 is 1.56 bits per heavy atom. The number of aldehydes is 1. The molecule has 0 aliphatic heterocycles. The maximum Gasteiger partial charge on any atom is 0.154 e. The van der Waals surface area contributed by atoms with Gasteiger partial charge >= 0.3 is 0 Å². The zero-order chi connectivity index (χ0) is 6.85. The van der Waals surface area contributed by atoms with Crippen LogP contribution in [0.3, 0.4) is 0 Å². The molecule has 0 aromatic carbocycles. The van der Waals surface area contributed by atoms with Crippen molar-refractivity contribution in [1.29, 1.82) is 0 Å². The van der Waals surface area contributed by atoms with Crippen LogP contribution in [0, 0.1) is 13.8 Å². The predicted octanol–water partition coefficient (Wildman–Crippen LogP) is 2.15. The van der Waals surface area contributed by atoms with E-state index in [2.05, 4.69) is 5.80 Å². The van der Waals surface area contributed by atoms with Crippen LogP contribution in [0.25, 0.3) is 0 Å². The van der Waals surface area contributed by atoms with Gasteiger partial charge in [0.1, 0.15) is 0 Å². The van der Waals surface area contributed by atoms with Crippen molar-refractivity contribution in [3.8, 4) is 0 Å². The lowest BCUT2D eigenvalue weighted by atomic mass is 10.2. The van der Waals surface area contributed by atoms with E-state index < -0.39 is 0 Å². The minimum Gasteiger partial charge on any atom is -0.298 e. The van der Waals surface area contributed by atoms with E-state index >= 15 is 0 Å². The lowest BCUT2D eigenvalue weighted by Gasteiger charge is -1.87. The van der Waals surface area contributed by atoms with Crippen molar-refractivity contribution in [2.24, 2.45) is 0 Å². The van der Waals surface area contributed by atoms with E-state index in [-0.39, 0.29) is 0 Å². The lowest BCUT2D eigenvalue weighted by Crippen LogP contribution is -1.76. The van der Waals surface area contributed by atoms with Crippen LogP contribution in [0.4, 0.5) is 0 Å². The first-order chi connectivity index (χ1) is 4.25. The molecule has 1 aromatic rings. The second kappa shape index (κ2) is 2.36. The molecule has 0 saturated carbocycles. The summed E-state index contributed by atoms with van der Waals surface area (Å²) in [6.45, 7) is 4.04. The predicted molar refractivity (Wildman–Crippen MR) is 40.8 cm³/mol. The molecule has 1 nitrogen and oxygen atoms in total. The Kier molecular flexibility index (Phi) is 1.73. The molecule has 0 bridgehead atoms. The molecule has 1 unspecified atom stereocenters. The van der Waals surface area contributed by atoms with Gasteiger partial charge < -0.3 is 0 Å². The van der Waals surface area contributed by atoms with Crippen molar-refractivity contribution in [3.63, 3.8) is 0 Å². The normalized spacial score (nSPS) is 10.4. The molecule has 9 heavy (non-hydrogen) atoms. The zero-order valence-corrected chi connectivity index (χ0v) is 6.56. The summed E-state index contributed by atoms with van der Waals surface area (Å²) in [5.74, 6) is 2.11. The highest BCUT2D eigenvalue weighted by Crippen LogP contribution is 2.22. The van der Waals surface area contributed by atoms with E-state index in [9.17, 15) is 4.79 Å². The molecule has 1 heterocycles. The molecular weight excluding hydrogens is 131 g/mol. The van der Waals surface area contributed by atoms with Gasteiger partial charge in [0.05, 0.1) is 0 Å². The van der Waals surface area contributed by atoms with E-state index in [0.29, 0.717) is 8.19 Å². The molecule has 0 amide bonds. The van der Waals surface area contributed by atoms with Crippen LogP contribution in [0.2, 0.25) is 0 Å². The van der Waals surface area contributed by atoms with E-state index in [1.165, 1.54) is 11.1 Å². The van der Waals surface area contributed by atoms with Crippen LogP contribution in [-0.2, 0) is 0 Å². The molecule has 0 spiro atoms. The molecule has 1 aromatic heterocycles. The largest absolute Gasteiger partial charge is 0.298 e. The molecule has 1 rings (SSSR count). The van der Waals surface area contributed by atoms with Crippen molar-refractivity contribution < 1.29 is 4.79 Å². The Morgan fingerprint density at radius 2 is 2.22 bits per heavy atom. The fraction of sp³-hybridized carbons (Fsp3) is 0.286. The quantitative estimate of drug-likeness (QED) is 0.546. The molecule has 0 radical (unpaired) electrons. The minimum atomic E-state index is 0.610. The van der Waals surface area contributed by atoms with Crippen LogP contribution < -0.4 is 0 Å². The number of aryl methyl sites for hydroxylation is 1. The maximum absolute atomic E-state index is 10.3. The van der Waals surface area contributed by atoms with Crippen LogP contribution in [0.15, 0.2) is 5.80 Å². The van der Waals surface area contributed by atoms with E-state index in [4.69, 9.17) is 0 Å². The van der Waals surface area contributed by atoms with Crippen LogP contribution in [-0.4, -0.2) is 6.29 Å². The fourth-order valence-electron chi connectivity index (χ4n) is 0.737. The van der Waals surface area contributed by atoms with Gasteiger partial charge in [-0.1, -0.05) is 0 Å². The Hall–Kier alpha value is -0.550. The average molecular weight is 140 g/mol. The molecule has 0 aliphatic carbocycles. The summed E-state index contributed by atoms with van der Waals surface area (Å²) in [5, 5.41) is 0.965. The third kappa shape index (κ3) is 1.06. The standard InChI is InChI=1S/C7H9OP/c1-5-4-9-7(3-8)6(5)2/h3-4,9H,1-2H3. The van der Waals surface area contributed by atoms with Crippen molar-refractivity contribution >= 4 is 14.5 Å². The highest BCUT2D eigenvalue weighted by molar-refractivity contribution is 7.31. The smallest absolute Gasteiger partial charge is 0.154 e. The van der Waals surface area contributed by atoms with E-state index in [1.807, 2.05) is 13.8 Å². The minimum absolute atomic E-state index is 0.610. The number of hydrogen-bond donors (Lipinski definition) is 0. The van der Waals surface area contributed by atoms with Gasteiger partial charge in [-0.3, -0.25) is 4.79 Å². The third-order valence-electron chi connectivity index (χ3n) is 1.56. The zero-order valence-electron chi connectivity index (χ0n) is 5.56. The van der Waals surface area contributed by atoms with Gasteiger partial charge in [0.2, 0.25) is 0 Å². The Bertz CT molecular complexity index is 225. The summed E-state index contributed by atoms with van der Waals surface area (Å²) < 4.78 is 0. The Balaban J connectivity index is 3.18. The molecule has 0 N–H and O–H groups in total. The molecule has 0 aliphatic rings. The lowest BCUT2D eigenvalue weighted by molar-refractivity contribution is 0.112. The first kappa shape index (κ1) is 6.57. The SMILES string of the molecule is Cc1c[pH]c(C=O)c1C. The molecule has 0 fully saturated rings. The van der Waals surface area contributed by atoms with Gasteiger partial charge in [-0.15, -0.1) is 8.19 Å². The second-order valence-corrected chi connectivity index (χ2v) is 3.24. The molecule has 1 atom stereocenters. The summed E-state index contributed by atoms with van der Waals surface area (Å²) in [6.07, 6.45) is 0.959. The number of carbonyl (C=O) groups excluding carboxylic acids is 1. The van der Waals surface area contributed by atoms with Crippen LogP contribution in [0.1, 0.15) is 21.2 Å². The Morgan fingerprint density at radius 3 is 2.44 bits per heavy atom. The molecular formula is C7H9OP. The van der Waals surface area contributed by atoms with Gasteiger partial charge in [-0.2, -0.15) is 0 Å². The van der Waals surface area contributed by atoms with E-state index in [0.717, 1.165) is 11.6 Å². The van der Waals surface area contributed by atoms with Crippen molar-refractivity contribution in [1.82, 2.24) is 0 Å². The van der Waals surface area contributed by atoms with E-state index in [1.54, 1.807) is 0 Å². The summed E-state index contributed by atoms with van der Waals surface area (Å²) in [5.41, 5.74) is 2.43. The molecule has 48 valence electrons. The number of rotatable bonds is 1. The van der Waals surface area contributed by atoms with Gasteiger partial charge in [0.25, 0.3) is 0 Å². The maximum atomic E-state index is 10.3. The summed E-state index contributed by atoms with van der Waals surface area (Å²) in [6, 6.07) is 0. The van der Waals surface area contributed by atoms with Crippen molar-refractivity contribution in [2.45, 2.75) is 13.8 Å². The second-order valence-electron chi connectivity index (χ2n) is 2.13. The van der Waals surface area contributed by atoms with Gasteiger partial charge in [0.15, 0.2) is 6.29 Å². The number of hydrogen-bond acceptors (Lipinski definition) is 1. The number of carbonyl (C=O) groups is 1. The average Bonchev–Trinajstić information content (AvgIpc) is 2.15. The fourth-order valence-corrected chi connectivity index (χ4v) is 1.81. The first-order valence-corrected chi connectivity index (χ1v) is 3.93. The highest BCUT2D eigenvalue weighted by Gasteiger charge is 1.98. The van der Waals surface area contributed by atoms with Gasteiger partial charge in [-0.05, 0) is 30.8 Å². The van der Waals surface area contributed by atoms with Gasteiger partial charge in [0, 0.05) is 5.30 Å². The van der Waals surface area contributed by atoms with Crippen LogP contribution in [0.5, 0.6) is 0 Å².